The molecule has 1 aliphatic rings. The van der Waals surface area contributed by atoms with E-state index >= 15 is 0 Å². The van der Waals surface area contributed by atoms with Gasteiger partial charge in [0.2, 0.25) is 15.9 Å². The van der Waals surface area contributed by atoms with E-state index in [1.807, 2.05) is 30.3 Å². The van der Waals surface area contributed by atoms with Crippen LogP contribution in [0.4, 0.5) is 0 Å². The molecule has 1 aliphatic carbocycles. The van der Waals surface area contributed by atoms with Crippen LogP contribution in [0.1, 0.15) is 44.1 Å². The van der Waals surface area contributed by atoms with Crippen LogP contribution in [0.15, 0.2) is 59.5 Å². The molecule has 8 nitrogen and oxygen atoms in total. The van der Waals surface area contributed by atoms with E-state index in [1.54, 1.807) is 0 Å². The zero-order chi connectivity index (χ0) is 26.7. The van der Waals surface area contributed by atoms with Crippen molar-refractivity contribution in [3.8, 4) is 5.75 Å². The molecule has 2 N–H and O–H groups in total. The lowest BCUT2D eigenvalue weighted by Gasteiger charge is -2.28. The van der Waals surface area contributed by atoms with Crippen LogP contribution in [0.3, 0.4) is 0 Å². The normalized spacial score (nSPS) is 15.3. The lowest BCUT2D eigenvalue weighted by molar-refractivity contribution is -0.141. The van der Waals surface area contributed by atoms with Gasteiger partial charge in [-0.2, -0.15) is 16.1 Å². The molecule has 1 saturated carbocycles. The van der Waals surface area contributed by atoms with Crippen LogP contribution in [0.2, 0.25) is 0 Å². The standard InChI is InChI=1S/C27H36N2O6S2/c1-35-23-12-14-24(15-13-23)37(33,34)29(19-26(30)28-18-21-8-4-2-5-9-21)25(27(31)32)16-17-36-20-22-10-6-3-7-11-22/h3,6-7,10-15,21,25H,2,4-5,8-9,16-20H2,1H3,(H,28,30)(H,31,32). The van der Waals surface area contributed by atoms with E-state index in [4.69, 9.17) is 4.74 Å². The van der Waals surface area contributed by atoms with Crippen molar-refractivity contribution < 1.29 is 27.9 Å². The van der Waals surface area contributed by atoms with Crippen LogP contribution in [0.5, 0.6) is 5.75 Å². The molecule has 0 heterocycles. The first-order chi connectivity index (χ1) is 17.8. The van der Waals surface area contributed by atoms with Gasteiger partial charge in [0.05, 0.1) is 18.6 Å². The van der Waals surface area contributed by atoms with Crippen molar-refractivity contribution in [3.63, 3.8) is 0 Å². The van der Waals surface area contributed by atoms with Crippen LogP contribution in [0, 0.1) is 5.92 Å². The Labute approximate surface area is 223 Å². The Morgan fingerprint density at radius 1 is 1.08 bits per heavy atom. The van der Waals surface area contributed by atoms with Crippen molar-refractivity contribution in [1.82, 2.24) is 9.62 Å². The van der Waals surface area contributed by atoms with E-state index in [0.717, 1.165) is 35.6 Å². The molecule has 10 heteroatoms. The number of hydrogen-bond donors (Lipinski definition) is 2. The number of nitrogens with zero attached hydrogens (tertiary/aromatic N) is 1. The number of amides is 1. The summed E-state index contributed by atoms with van der Waals surface area (Å²) in [5.74, 6) is 0.171. The minimum Gasteiger partial charge on any atom is -0.497 e. The van der Waals surface area contributed by atoms with E-state index in [2.05, 4.69) is 5.32 Å². The second kappa shape index (κ2) is 14.4. The first kappa shape index (κ1) is 29.0. The van der Waals surface area contributed by atoms with Crippen molar-refractivity contribution >= 4 is 33.7 Å². The Kier molecular flexibility index (Phi) is 11.3. The Morgan fingerprint density at radius 2 is 1.76 bits per heavy atom. The van der Waals surface area contributed by atoms with Gasteiger partial charge in [-0.05, 0) is 60.8 Å². The number of carboxylic acids is 1. The maximum atomic E-state index is 13.6. The van der Waals surface area contributed by atoms with Gasteiger partial charge in [0.1, 0.15) is 11.8 Å². The third-order valence-corrected chi connectivity index (χ3v) is 9.49. The summed E-state index contributed by atoms with van der Waals surface area (Å²) in [7, 11) is -2.80. The molecular weight excluding hydrogens is 512 g/mol. The molecule has 2 aromatic carbocycles. The molecule has 1 unspecified atom stereocenters. The number of sulfonamides is 1. The minimum absolute atomic E-state index is 0.0676. The molecule has 0 bridgehead atoms. The number of methoxy groups -OCH3 is 1. The fourth-order valence-electron chi connectivity index (χ4n) is 4.44. The topological polar surface area (TPSA) is 113 Å². The van der Waals surface area contributed by atoms with Crippen LogP contribution in [-0.4, -0.2) is 61.7 Å². The van der Waals surface area contributed by atoms with Gasteiger partial charge in [0, 0.05) is 12.3 Å². The van der Waals surface area contributed by atoms with Crippen molar-refractivity contribution in [2.75, 3.05) is 26.0 Å². The maximum Gasteiger partial charge on any atom is 0.322 e. The van der Waals surface area contributed by atoms with Gasteiger partial charge < -0.3 is 15.2 Å². The van der Waals surface area contributed by atoms with Gasteiger partial charge in [0.15, 0.2) is 0 Å². The average molecular weight is 549 g/mol. The first-order valence-corrected chi connectivity index (χ1v) is 15.2. The predicted octanol–water partition coefficient (Wildman–Crippen LogP) is 4.16. The third kappa shape index (κ3) is 8.76. The quantitative estimate of drug-likeness (QED) is 0.341. The Morgan fingerprint density at radius 3 is 2.38 bits per heavy atom. The summed E-state index contributed by atoms with van der Waals surface area (Å²) in [6.45, 7) is -0.0820. The highest BCUT2D eigenvalue weighted by atomic mass is 32.2. The molecule has 2 aromatic rings. The number of ether oxygens (including phenoxy) is 1. The van der Waals surface area contributed by atoms with Gasteiger partial charge in [-0.1, -0.05) is 49.6 Å². The zero-order valence-electron chi connectivity index (χ0n) is 21.2. The van der Waals surface area contributed by atoms with E-state index in [0.29, 0.717) is 29.7 Å². The number of benzene rings is 2. The van der Waals surface area contributed by atoms with Gasteiger partial charge in [0.25, 0.3) is 0 Å². The van der Waals surface area contributed by atoms with Crippen molar-refractivity contribution in [2.24, 2.45) is 5.92 Å². The van der Waals surface area contributed by atoms with Crippen LogP contribution >= 0.6 is 11.8 Å². The molecule has 0 aromatic heterocycles. The van der Waals surface area contributed by atoms with Crippen LogP contribution < -0.4 is 10.1 Å². The zero-order valence-corrected chi connectivity index (χ0v) is 22.8. The van der Waals surface area contributed by atoms with E-state index in [-0.39, 0.29) is 11.3 Å². The molecule has 0 spiro atoms. The molecule has 0 aliphatic heterocycles. The second-order valence-electron chi connectivity index (χ2n) is 9.21. The Bertz CT molecular complexity index is 1100. The van der Waals surface area contributed by atoms with Crippen molar-refractivity contribution in [3.05, 3.63) is 60.2 Å². The Balaban J connectivity index is 1.75. The maximum absolute atomic E-state index is 13.6. The molecule has 37 heavy (non-hydrogen) atoms. The molecule has 0 radical (unpaired) electrons. The lowest BCUT2D eigenvalue weighted by Crippen LogP contribution is -2.50. The summed E-state index contributed by atoms with van der Waals surface area (Å²) < 4.78 is 33.2. The highest BCUT2D eigenvalue weighted by molar-refractivity contribution is 7.98. The summed E-state index contributed by atoms with van der Waals surface area (Å²) in [5.41, 5.74) is 1.10. The fourth-order valence-corrected chi connectivity index (χ4v) is 6.97. The predicted molar refractivity (Wildman–Crippen MR) is 145 cm³/mol. The van der Waals surface area contributed by atoms with Gasteiger partial charge in [-0.15, -0.1) is 0 Å². The molecule has 0 saturated heterocycles. The van der Waals surface area contributed by atoms with Gasteiger partial charge >= 0.3 is 5.97 Å². The highest BCUT2D eigenvalue weighted by Gasteiger charge is 2.37. The highest BCUT2D eigenvalue weighted by Crippen LogP contribution is 2.25. The molecule has 1 amide bonds. The number of rotatable bonds is 14. The summed E-state index contributed by atoms with van der Waals surface area (Å²) in [6.07, 6.45) is 5.58. The molecular formula is C27H36N2O6S2. The Hall–Kier alpha value is -2.56. The number of carbonyl (C=O) groups excluding carboxylic acids is 1. The SMILES string of the molecule is COc1ccc(S(=O)(=O)N(CC(=O)NCC2CCCCC2)C(CCSCc2ccccc2)C(=O)O)cc1. The van der Waals surface area contributed by atoms with E-state index in [1.165, 1.54) is 49.6 Å². The molecule has 3 rings (SSSR count). The van der Waals surface area contributed by atoms with E-state index in [9.17, 15) is 23.1 Å². The summed E-state index contributed by atoms with van der Waals surface area (Å²) in [4.78, 5) is 25.1. The molecule has 1 fully saturated rings. The summed E-state index contributed by atoms with van der Waals surface area (Å²) in [6, 6.07) is 14.1. The number of thioether (sulfide) groups is 1. The van der Waals surface area contributed by atoms with E-state index < -0.39 is 34.5 Å². The lowest BCUT2D eigenvalue weighted by atomic mass is 9.89. The van der Waals surface area contributed by atoms with Gasteiger partial charge in [-0.3, -0.25) is 9.59 Å². The van der Waals surface area contributed by atoms with Crippen LogP contribution in [-0.2, 0) is 25.4 Å². The van der Waals surface area contributed by atoms with Gasteiger partial charge in [-0.25, -0.2) is 8.42 Å². The monoisotopic (exact) mass is 548 g/mol. The second-order valence-corrected chi connectivity index (χ2v) is 12.2. The average Bonchev–Trinajstić information content (AvgIpc) is 2.92. The smallest absolute Gasteiger partial charge is 0.322 e. The number of nitrogens with one attached hydrogen (secondary N) is 1. The number of aliphatic carboxylic acids is 1. The fraction of sp³-hybridized carbons (Fsp3) is 0.481. The molecule has 1 atom stereocenters. The van der Waals surface area contributed by atoms with Crippen molar-refractivity contribution in [2.45, 2.75) is 55.2 Å². The number of carboxylic acid groups (broad SMARTS) is 1. The first-order valence-electron chi connectivity index (χ1n) is 12.6. The summed E-state index contributed by atoms with van der Waals surface area (Å²) in [5, 5.41) is 12.9. The molecule has 202 valence electrons. The number of carbonyl (C=O) groups is 2. The summed E-state index contributed by atoms with van der Waals surface area (Å²) >= 11 is 1.53. The largest absolute Gasteiger partial charge is 0.497 e. The third-order valence-electron chi connectivity index (χ3n) is 6.56. The van der Waals surface area contributed by atoms with Crippen molar-refractivity contribution in [1.29, 1.82) is 0 Å². The van der Waals surface area contributed by atoms with Crippen LogP contribution in [0.25, 0.3) is 0 Å². The number of hydrogen-bond acceptors (Lipinski definition) is 6. The minimum atomic E-state index is -4.27.